The van der Waals surface area contributed by atoms with Gasteiger partial charge in [-0.25, -0.2) is 15.0 Å². The molecule has 0 aliphatic rings. The van der Waals surface area contributed by atoms with Crippen LogP contribution in [0, 0.1) is 6.92 Å². The molecule has 184 valence electrons. The van der Waals surface area contributed by atoms with Crippen molar-refractivity contribution in [2.24, 2.45) is 0 Å². The minimum atomic E-state index is -0.104. The molecule has 6 aromatic rings. The van der Waals surface area contributed by atoms with Crippen LogP contribution in [0.5, 0.6) is 0 Å². The molecule has 0 fully saturated rings. The first kappa shape index (κ1) is 22.6. The Balaban J connectivity index is 1.38. The van der Waals surface area contributed by atoms with E-state index in [4.69, 9.17) is 0 Å². The first-order valence-corrected chi connectivity index (χ1v) is 11.7. The fraction of sp³-hybridized carbons (Fsp3) is 0.154. The quantitative estimate of drug-likeness (QED) is 0.324. The van der Waals surface area contributed by atoms with Gasteiger partial charge in [-0.2, -0.15) is 5.10 Å². The van der Waals surface area contributed by atoms with Gasteiger partial charge in [-0.3, -0.25) is 14.9 Å². The van der Waals surface area contributed by atoms with E-state index >= 15 is 0 Å². The molecule has 0 unspecified atom stereocenters. The van der Waals surface area contributed by atoms with Gasteiger partial charge in [0.05, 0.1) is 41.8 Å². The standard InChI is InChI=1S/C26H24N10O/c1-15-12-36(14-30-15)22-4-5-28-25-19(22)8-21(32-25)24-20-7-17(10-29-26(20)34-33-24)16-6-18(11-27-9-16)31-23(37)13-35(2)3/h4-12,14H,13H2,1-3H3,(H,28,32)(H,31,37)(H,29,33,34). The summed E-state index contributed by atoms with van der Waals surface area (Å²) in [7, 11) is 3.70. The number of rotatable bonds is 6. The summed E-state index contributed by atoms with van der Waals surface area (Å²) >= 11 is 0. The molecule has 11 heteroatoms. The number of anilines is 1. The van der Waals surface area contributed by atoms with Crippen LogP contribution >= 0.6 is 0 Å². The first-order chi connectivity index (χ1) is 17.9. The summed E-state index contributed by atoms with van der Waals surface area (Å²) in [5, 5.41) is 12.3. The lowest BCUT2D eigenvalue weighted by Gasteiger charge is -2.10. The number of nitrogens with one attached hydrogen (secondary N) is 3. The zero-order chi connectivity index (χ0) is 25.5. The lowest BCUT2D eigenvalue weighted by Crippen LogP contribution is -2.27. The van der Waals surface area contributed by atoms with E-state index in [1.807, 2.05) is 60.9 Å². The number of aryl methyl sites for hydroxylation is 1. The molecule has 6 aromatic heterocycles. The molecule has 6 rings (SSSR count). The fourth-order valence-corrected chi connectivity index (χ4v) is 4.34. The van der Waals surface area contributed by atoms with Crippen LogP contribution in [0.25, 0.3) is 50.3 Å². The van der Waals surface area contributed by atoms with Crippen molar-refractivity contribution in [3.63, 3.8) is 0 Å². The second-order valence-electron chi connectivity index (χ2n) is 9.14. The second kappa shape index (κ2) is 8.95. The minimum Gasteiger partial charge on any atom is -0.338 e. The molecule has 3 N–H and O–H groups in total. The normalized spacial score (nSPS) is 11.6. The van der Waals surface area contributed by atoms with Gasteiger partial charge in [0.2, 0.25) is 5.91 Å². The van der Waals surface area contributed by atoms with E-state index in [1.165, 1.54) is 0 Å². The molecule has 1 amide bonds. The van der Waals surface area contributed by atoms with E-state index < -0.39 is 0 Å². The fourth-order valence-electron chi connectivity index (χ4n) is 4.34. The van der Waals surface area contributed by atoms with Gasteiger partial charge in [0.15, 0.2) is 5.65 Å². The topological polar surface area (TPSA) is 133 Å². The van der Waals surface area contributed by atoms with Crippen molar-refractivity contribution >= 4 is 33.7 Å². The van der Waals surface area contributed by atoms with Crippen molar-refractivity contribution in [3.8, 4) is 28.2 Å². The summed E-state index contributed by atoms with van der Waals surface area (Å²) in [4.78, 5) is 35.1. The van der Waals surface area contributed by atoms with Crippen molar-refractivity contribution in [1.29, 1.82) is 0 Å². The van der Waals surface area contributed by atoms with Gasteiger partial charge in [-0.15, -0.1) is 0 Å². The van der Waals surface area contributed by atoms with E-state index in [2.05, 4.69) is 40.4 Å². The monoisotopic (exact) mass is 492 g/mol. The van der Waals surface area contributed by atoms with Crippen molar-refractivity contribution in [3.05, 3.63) is 67.3 Å². The molecule has 0 aliphatic heterocycles. The van der Waals surface area contributed by atoms with E-state index in [9.17, 15) is 4.79 Å². The Morgan fingerprint density at radius 1 is 1.03 bits per heavy atom. The first-order valence-electron chi connectivity index (χ1n) is 11.7. The number of nitrogens with zero attached hydrogens (tertiary/aromatic N) is 7. The number of carbonyl (C=O) groups excluding carboxylic acids is 1. The van der Waals surface area contributed by atoms with Crippen molar-refractivity contribution in [1.82, 2.24) is 44.6 Å². The van der Waals surface area contributed by atoms with Crippen LogP contribution in [0.4, 0.5) is 5.69 Å². The van der Waals surface area contributed by atoms with Crippen LogP contribution in [-0.4, -0.2) is 71.1 Å². The van der Waals surface area contributed by atoms with Gasteiger partial charge in [0, 0.05) is 46.7 Å². The van der Waals surface area contributed by atoms with Crippen molar-refractivity contribution < 1.29 is 4.79 Å². The Bertz CT molecular complexity index is 1760. The Morgan fingerprint density at radius 3 is 2.70 bits per heavy atom. The lowest BCUT2D eigenvalue weighted by molar-refractivity contribution is -0.116. The molecule has 0 bridgehead atoms. The Kier molecular flexibility index (Phi) is 5.46. The average Bonchev–Trinajstić information content (AvgIpc) is 3.60. The minimum absolute atomic E-state index is 0.104. The predicted octanol–water partition coefficient (Wildman–Crippen LogP) is 3.56. The van der Waals surface area contributed by atoms with Crippen LogP contribution in [0.2, 0.25) is 0 Å². The summed E-state index contributed by atoms with van der Waals surface area (Å²) in [6.07, 6.45) is 10.7. The summed E-state index contributed by atoms with van der Waals surface area (Å²) in [6, 6.07) is 7.90. The lowest BCUT2D eigenvalue weighted by atomic mass is 10.1. The van der Waals surface area contributed by atoms with Gasteiger partial charge in [0.1, 0.15) is 11.3 Å². The number of hydrogen-bond acceptors (Lipinski definition) is 7. The highest BCUT2D eigenvalue weighted by molar-refractivity contribution is 5.97. The molecule has 0 atom stereocenters. The number of aromatic amines is 2. The summed E-state index contributed by atoms with van der Waals surface area (Å²) < 4.78 is 1.98. The molecular formula is C26H24N10O. The average molecular weight is 493 g/mol. The van der Waals surface area contributed by atoms with Gasteiger partial charge in [-0.05, 0) is 45.3 Å². The Morgan fingerprint density at radius 2 is 1.89 bits per heavy atom. The van der Waals surface area contributed by atoms with Crippen LogP contribution in [0.15, 0.2) is 61.6 Å². The smallest absolute Gasteiger partial charge is 0.238 e. The SMILES string of the molecule is Cc1cn(-c2ccnc3[nH]c(-c4n[nH]c5ncc(-c6cncc(NC(=O)CN(C)C)c6)cc45)cc23)cn1. The van der Waals surface area contributed by atoms with Crippen LogP contribution < -0.4 is 5.32 Å². The molecule has 0 saturated heterocycles. The number of carbonyl (C=O) groups is 1. The number of H-pyrrole nitrogens is 2. The van der Waals surface area contributed by atoms with Crippen LogP contribution in [0.1, 0.15) is 5.69 Å². The van der Waals surface area contributed by atoms with Gasteiger partial charge < -0.3 is 19.8 Å². The van der Waals surface area contributed by atoms with Crippen LogP contribution in [0.3, 0.4) is 0 Å². The maximum Gasteiger partial charge on any atom is 0.238 e. The molecule has 0 saturated carbocycles. The van der Waals surface area contributed by atoms with Crippen LogP contribution in [-0.2, 0) is 4.79 Å². The van der Waals surface area contributed by atoms with Crippen molar-refractivity contribution in [2.45, 2.75) is 6.92 Å². The van der Waals surface area contributed by atoms with Gasteiger partial charge in [0.25, 0.3) is 0 Å². The molecule has 0 radical (unpaired) electrons. The summed E-state index contributed by atoms with van der Waals surface area (Å²) in [6.45, 7) is 2.25. The highest BCUT2D eigenvalue weighted by atomic mass is 16.2. The number of likely N-dealkylation sites (N-methyl/N-ethyl adjacent to an activating group) is 1. The highest BCUT2D eigenvalue weighted by Crippen LogP contribution is 2.32. The van der Waals surface area contributed by atoms with E-state index in [-0.39, 0.29) is 12.5 Å². The number of amides is 1. The number of pyridine rings is 3. The zero-order valence-corrected chi connectivity index (χ0v) is 20.5. The number of imidazole rings is 1. The van der Waals surface area contributed by atoms with Gasteiger partial charge in [-0.1, -0.05) is 0 Å². The van der Waals surface area contributed by atoms with E-state index in [0.717, 1.165) is 50.3 Å². The third-order valence-electron chi connectivity index (χ3n) is 5.99. The molecule has 0 spiro atoms. The third kappa shape index (κ3) is 4.32. The maximum absolute atomic E-state index is 12.2. The Hall–Kier alpha value is -4.90. The number of aromatic nitrogens is 8. The van der Waals surface area contributed by atoms with E-state index in [0.29, 0.717) is 11.3 Å². The molecule has 0 aliphatic carbocycles. The number of fused-ring (bicyclic) bond motifs is 2. The van der Waals surface area contributed by atoms with Crippen molar-refractivity contribution in [2.75, 3.05) is 26.0 Å². The largest absolute Gasteiger partial charge is 0.338 e. The second-order valence-corrected chi connectivity index (χ2v) is 9.14. The zero-order valence-electron chi connectivity index (χ0n) is 20.5. The summed E-state index contributed by atoms with van der Waals surface area (Å²) in [5.41, 5.74) is 7.21. The highest BCUT2D eigenvalue weighted by Gasteiger charge is 2.16. The maximum atomic E-state index is 12.2. The summed E-state index contributed by atoms with van der Waals surface area (Å²) in [5.74, 6) is -0.104. The molecule has 6 heterocycles. The molecule has 37 heavy (non-hydrogen) atoms. The molecule has 11 nitrogen and oxygen atoms in total. The molecular weight excluding hydrogens is 468 g/mol. The Labute approximate surface area is 211 Å². The van der Waals surface area contributed by atoms with E-state index in [1.54, 1.807) is 31.1 Å². The predicted molar refractivity (Wildman–Crippen MR) is 141 cm³/mol. The molecule has 0 aromatic carbocycles. The number of hydrogen-bond donors (Lipinski definition) is 3. The van der Waals surface area contributed by atoms with Gasteiger partial charge >= 0.3 is 0 Å². The third-order valence-corrected chi connectivity index (χ3v) is 5.99.